The topological polar surface area (TPSA) is 63.1 Å². The minimum Gasteiger partial charge on any atom is -0.481 e. The molecule has 0 aromatic carbocycles. The van der Waals surface area contributed by atoms with Crippen molar-refractivity contribution in [3.8, 4) is 0 Å². The van der Waals surface area contributed by atoms with Crippen LogP contribution >= 0.6 is 15.9 Å². The van der Waals surface area contributed by atoms with Gasteiger partial charge in [0, 0.05) is 18.3 Å². The Morgan fingerprint density at radius 1 is 1.47 bits per heavy atom. The van der Waals surface area contributed by atoms with Crippen molar-refractivity contribution in [2.45, 2.75) is 19.8 Å². The summed E-state index contributed by atoms with van der Waals surface area (Å²) < 4.78 is 0.802. The Hall–Kier alpha value is -0.970. The molecule has 1 aliphatic rings. The lowest BCUT2D eigenvalue weighted by Crippen LogP contribution is -2.03. The molecule has 1 aliphatic carbocycles. The van der Waals surface area contributed by atoms with Crippen LogP contribution in [0.25, 0.3) is 0 Å². The maximum atomic E-state index is 11.0. The third-order valence-corrected chi connectivity index (χ3v) is 3.42. The summed E-state index contributed by atoms with van der Waals surface area (Å²) >= 11 is 3.25. The van der Waals surface area contributed by atoms with Gasteiger partial charge in [-0.3, -0.25) is 4.79 Å². The standard InChI is InChI=1S/C10H11BrN2O2/c1-10(2)6(7(10)9(14)15)8-12-3-5(11)4-13-8/h3-4,6-7H,1-2H3,(H,14,15)/t6-,7-/m0/s1. The van der Waals surface area contributed by atoms with E-state index in [1.54, 1.807) is 12.4 Å². The number of hydrogen-bond donors (Lipinski definition) is 1. The molecule has 4 nitrogen and oxygen atoms in total. The van der Waals surface area contributed by atoms with E-state index in [-0.39, 0.29) is 17.3 Å². The van der Waals surface area contributed by atoms with Crippen LogP contribution in [0.1, 0.15) is 25.6 Å². The fraction of sp³-hybridized carbons (Fsp3) is 0.500. The van der Waals surface area contributed by atoms with Gasteiger partial charge in [0.1, 0.15) is 5.82 Å². The highest BCUT2D eigenvalue weighted by Crippen LogP contribution is 2.63. The van der Waals surface area contributed by atoms with Gasteiger partial charge < -0.3 is 5.11 Å². The van der Waals surface area contributed by atoms with Crippen molar-refractivity contribution in [1.29, 1.82) is 0 Å². The van der Waals surface area contributed by atoms with Crippen LogP contribution in [-0.4, -0.2) is 21.0 Å². The highest BCUT2D eigenvalue weighted by atomic mass is 79.9. The van der Waals surface area contributed by atoms with Gasteiger partial charge in [0.25, 0.3) is 0 Å². The molecule has 0 saturated heterocycles. The second kappa shape index (κ2) is 3.27. The molecule has 0 spiro atoms. The summed E-state index contributed by atoms with van der Waals surface area (Å²) in [5, 5.41) is 9.01. The van der Waals surface area contributed by atoms with Crippen LogP contribution < -0.4 is 0 Å². The second-order valence-electron chi connectivity index (χ2n) is 4.37. The van der Waals surface area contributed by atoms with Gasteiger partial charge >= 0.3 is 5.97 Å². The van der Waals surface area contributed by atoms with E-state index in [9.17, 15) is 4.79 Å². The Morgan fingerprint density at radius 3 is 2.40 bits per heavy atom. The normalized spacial score (nSPS) is 27.4. The molecule has 2 atom stereocenters. The van der Waals surface area contributed by atoms with Gasteiger partial charge in [-0.2, -0.15) is 0 Å². The Bertz CT molecular complexity index is 402. The average molecular weight is 271 g/mol. The van der Waals surface area contributed by atoms with E-state index in [0.29, 0.717) is 5.82 Å². The molecule has 1 N–H and O–H groups in total. The molecule has 1 fully saturated rings. The lowest BCUT2D eigenvalue weighted by atomic mass is 10.1. The molecule has 1 aromatic heterocycles. The zero-order valence-electron chi connectivity index (χ0n) is 8.44. The van der Waals surface area contributed by atoms with Gasteiger partial charge in [0.05, 0.1) is 10.4 Å². The van der Waals surface area contributed by atoms with Crippen molar-refractivity contribution >= 4 is 21.9 Å². The van der Waals surface area contributed by atoms with Crippen LogP contribution in [0.3, 0.4) is 0 Å². The highest BCUT2D eigenvalue weighted by molar-refractivity contribution is 9.10. The molecule has 5 heteroatoms. The SMILES string of the molecule is CC1(C)[C@H](C(=O)O)[C@H]1c1ncc(Br)cn1. The molecule has 0 aliphatic heterocycles. The first kappa shape index (κ1) is 10.5. The molecule has 1 saturated carbocycles. The molecule has 0 unspecified atom stereocenters. The first-order valence-electron chi connectivity index (χ1n) is 4.65. The van der Waals surface area contributed by atoms with E-state index in [0.717, 1.165) is 4.47 Å². The summed E-state index contributed by atoms with van der Waals surface area (Å²) in [7, 11) is 0. The molecule has 1 aromatic rings. The monoisotopic (exact) mass is 270 g/mol. The summed E-state index contributed by atoms with van der Waals surface area (Å²) in [6, 6.07) is 0. The lowest BCUT2D eigenvalue weighted by molar-refractivity contribution is -0.139. The van der Waals surface area contributed by atoms with Crippen LogP contribution in [0.4, 0.5) is 0 Å². The number of nitrogens with zero attached hydrogens (tertiary/aromatic N) is 2. The average Bonchev–Trinajstić information content (AvgIpc) is 2.70. The van der Waals surface area contributed by atoms with E-state index in [1.807, 2.05) is 13.8 Å². The van der Waals surface area contributed by atoms with Gasteiger partial charge in [0.15, 0.2) is 0 Å². The Balaban J connectivity index is 2.27. The number of rotatable bonds is 2. The van der Waals surface area contributed by atoms with E-state index in [4.69, 9.17) is 5.11 Å². The summed E-state index contributed by atoms with van der Waals surface area (Å²) in [4.78, 5) is 19.3. The zero-order chi connectivity index (χ0) is 11.2. The fourth-order valence-electron chi connectivity index (χ4n) is 2.06. The summed E-state index contributed by atoms with van der Waals surface area (Å²) in [5.74, 6) is -0.575. The molecule has 0 bridgehead atoms. The maximum Gasteiger partial charge on any atom is 0.307 e. The van der Waals surface area contributed by atoms with Crippen molar-refractivity contribution < 1.29 is 9.90 Å². The Kier molecular flexibility index (Phi) is 2.30. The molecular formula is C10H11BrN2O2. The zero-order valence-corrected chi connectivity index (χ0v) is 10.0. The number of halogens is 1. The number of carboxylic acid groups (broad SMARTS) is 1. The molecule has 1 heterocycles. The molecule has 2 rings (SSSR count). The largest absolute Gasteiger partial charge is 0.481 e. The lowest BCUT2D eigenvalue weighted by Gasteiger charge is -2.00. The van der Waals surface area contributed by atoms with Crippen molar-refractivity contribution in [2.75, 3.05) is 0 Å². The first-order chi connectivity index (χ1) is 6.94. The summed E-state index contributed by atoms with van der Waals surface area (Å²) in [5.41, 5.74) is -0.236. The third-order valence-electron chi connectivity index (χ3n) is 3.01. The molecular weight excluding hydrogens is 260 g/mol. The second-order valence-corrected chi connectivity index (χ2v) is 5.29. The van der Waals surface area contributed by atoms with Crippen LogP contribution in [-0.2, 0) is 4.79 Å². The summed E-state index contributed by atoms with van der Waals surface area (Å²) in [6.45, 7) is 3.86. The van der Waals surface area contributed by atoms with E-state index < -0.39 is 5.97 Å². The van der Waals surface area contributed by atoms with Crippen LogP contribution in [0, 0.1) is 11.3 Å². The molecule has 15 heavy (non-hydrogen) atoms. The minimum atomic E-state index is -0.767. The third kappa shape index (κ3) is 1.65. The predicted molar refractivity (Wildman–Crippen MR) is 57.4 cm³/mol. The van der Waals surface area contributed by atoms with Gasteiger partial charge in [-0.15, -0.1) is 0 Å². The van der Waals surface area contributed by atoms with Gasteiger partial charge in [-0.1, -0.05) is 13.8 Å². The van der Waals surface area contributed by atoms with Crippen LogP contribution in [0.2, 0.25) is 0 Å². The smallest absolute Gasteiger partial charge is 0.307 e. The maximum absolute atomic E-state index is 11.0. The molecule has 80 valence electrons. The Labute approximate surface area is 95.9 Å². The number of carboxylic acids is 1. The number of carbonyl (C=O) groups is 1. The minimum absolute atomic E-state index is 0.0666. The quantitative estimate of drug-likeness (QED) is 0.894. The number of hydrogen-bond acceptors (Lipinski definition) is 3. The Morgan fingerprint density at radius 2 is 2.00 bits per heavy atom. The number of aliphatic carboxylic acids is 1. The molecule has 0 radical (unpaired) electrons. The van der Waals surface area contributed by atoms with Gasteiger partial charge in [-0.05, 0) is 21.3 Å². The number of aromatic nitrogens is 2. The van der Waals surface area contributed by atoms with Crippen LogP contribution in [0.5, 0.6) is 0 Å². The van der Waals surface area contributed by atoms with Crippen molar-refractivity contribution in [2.24, 2.45) is 11.3 Å². The fourth-order valence-corrected chi connectivity index (χ4v) is 2.27. The van der Waals surface area contributed by atoms with E-state index in [1.165, 1.54) is 0 Å². The highest BCUT2D eigenvalue weighted by Gasteiger charge is 2.64. The van der Waals surface area contributed by atoms with Crippen molar-refractivity contribution in [1.82, 2.24) is 9.97 Å². The predicted octanol–water partition coefficient (Wildman–Crippen LogP) is 2.06. The van der Waals surface area contributed by atoms with Crippen molar-refractivity contribution in [3.63, 3.8) is 0 Å². The van der Waals surface area contributed by atoms with E-state index in [2.05, 4.69) is 25.9 Å². The van der Waals surface area contributed by atoms with Crippen molar-refractivity contribution in [3.05, 3.63) is 22.7 Å². The molecule has 0 amide bonds. The first-order valence-corrected chi connectivity index (χ1v) is 5.44. The van der Waals surface area contributed by atoms with Gasteiger partial charge in [0.2, 0.25) is 0 Å². The van der Waals surface area contributed by atoms with E-state index >= 15 is 0 Å². The van der Waals surface area contributed by atoms with Crippen LogP contribution in [0.15, 0.2) is 16.9 Å². The van der Waals surface area contributed by atoms with Gasteiger partial charge in [-0.25, -0.2) is 9.97 Å². The summed E-state index contributed by atoms with van der Waals surface area (Å²) in [6.07, 6.45) is 3.30.